The Labute approximate surface area is 138 Å². The lowest BCUT2D eigenvalue weighted by molar-refractivity contribution is 0.218. The summed E-state index contributed by atoms with van der Waals surface area (Å²) < 4.78 is 24.8. The molecule has 1 aromatic rings. The summed E-state index contributed by atoms with van der Waals surface area (Å²) in [5.74, 6) is 0.162. The van der Waals surface area contributed by atoms with Crippen molar-refractivity contribution in [2.75, 3.05) is 25.4 Å². The molecule has 0 aromatic carbocycles. The summed E-state index contributed by atoms with van der Waals surface area (Å²) in [4.78, 5) is 2.51. The Morgan fingerprint density at radius 1 is 1.26 bits per heavy atom. The first-order chi connectivity index (χ1) is 11.0. The Hall–Kier alpha value is -1.18. The summed E-state index contributed by atoms with van der Waals surface area (Å²) in [6.45, 7) is 7.04. The van der Waals surface area contributed by atoms with Crippen molar-refractivity contribution in [3.63, 3.8) is 0 Å². The molecule has 0 unspecified atom stereocenters. The third-order valence-corrected chi connectivity index (χ3v) is 6.02. The first-order valence-electron chi connectivity index (χ1n) is 8.41. The minimum Gasteiger partial charge on any atom is -0.305 e. The zero-order valence-corrected chi connectivity index (χ0v) is 14.6. The van der Waals surface area contributed by atoms with Crippen LogP contribution in [0.4, 0.5) is 0 Å². The Morgan fingerprint density at radius 3 is 2.74 bits per heavy atom. The van der Waals surface area contributed by atoms with Crippen molar-refractivity contribution in [1.82, 2.24) is 20.0 Å². The summed E-state index contributed by atoms with van der Waals surface area (Å²) in [5.41, 5.74) is 2.15. The van der Waals surface area contributed by atoms with Gasteiger partial charge in [0.25, 0.3) is 0 Å². The van der Waals surface area contributed by atoms with Crippen LogP contribution in [0.2, 0.25) is 0 Å². The maximum Gasteiger partial charge on any atom is 0.173 e. The van der Waals surface area contributed by atoms with Crippen LogP contribution in [0.25, 0.3) is 0 Å². The summed E-state index contributed by atoms with van der Waals surface area (Å²) in [6.07, 6.45) is 7.79. The molecule has 6 nitrogen and oxygen atoms in total. The highest BCUT2D eigenvalue weighted by atomic mass is 32.2. The van der Waals surface area contributed by atoms with Gasteiger partial charge in [-0.05, 0) is 32.9 Å². The largest absolute Gasteiger partial charge is 0.305 e. The molecule has 23 heavy (non-hydrogen) atoms. The first-order valence-corrected chi connectivity index (χ1v) is 10.1. The van der Waals surface area contributed by atoms with Crippen molar-refractivity contribution in [3.05, 3.63) is 28.9 Å². The van der Waals surface area contributed by atoms with Crippen molar-refractivity contribution in [1.29, 1.82) is 0 Å². The molecule has 3 heterocycles. The van der Waals surface area contributed by atoms with Gasteiger partial charge in [-0.25, -0.2) is 8.42 Å². The fourth-order valence-electron chi connectivity index (χ4n) is 3.22. The number of likely N-dealkylation sites (tertiary alicyclic amines) is 1. The minimum atomic E-state index is -3.00. The molecule has 0 spiro atoms. The van der Waals surface area contributed by atoms with Gasteiger partial charge in [0.1, 0.15) is 0 Å². The monoisotopic (exact) mass is 338 g/mol. The molecule has 0 bridgehead atoms. The summed E-state index contributed by atoms with van der Waals surface area (Å²) >= 11 is 0. The van der Waals surface area contributed by atoms with Gasteiger partial charge in [-0.2, -0.15) is 5.10 Å². The number of hydrogen-bond donors (Lipinski definition) is 1. The van der Waals surface area contributed by atoms with Crippen LogP contribution in [-0.4, -0.2) is 54.5 Å². The smallest absolute Gasteiger partial charge is 0.173 e. The Balaban J connectivity index is 1.49. The van der Waals surface area contributed by atoms with E-state index in [0.29, 0.717) is 6.54 Å². The molecule has 2 aliphatic rings. The topological polar surface area (TPSA) is 67.2 Å². The number of aryl methyl sites for hydroxylation is 1. The van der Waals surface area contributed by atoms with E-state index in [2.05, 4.69) is 21.5 Å². The van der Waals surface area contributed by atoms with Gasteiger partial charge in [-0.1, -0.05) is 12.5 Å². The van der Waals surface area contributed by atoms with E-state index in [1.54, 1.807) is 6.08 Å². The zero-order chi connectivity index (χ0) is 16.3. The van der Waals surface area contributed by atoms with Gasteiger partial charge in [-0.15, -0.1) is 0 Å². The molecule has 1 N–H and O–H groups in total. The zero-order valence-electron chi connectivity index (χ0n) is 13.7. The van der Waals surface area contributed by atoms with Crippen molar-refractivity contribution in [3.8, 4) is 0 Å². The highest BCUT2D eigenvalue weighted by Gasteiger charge is 2.21. The summed E-state index contributed by atoms with van der Waals surface area (Å²) in [5, 5.41) is 9.17. The normalized spacial score (nSPS) is 24.3. The van der Waals surface area contributed by atoms with Crippen molar-refractivity contribution in [2.45, 2.75) is 45.3 Å². The number of sulfone groups is 1. The lowest BCUT2D eigenvalue weighted by Crippen LogP contribution is -2.32. The quantitative estimate of drug-likeness (QED) is 0.841. The van der Waals surface area contributed by atoms with Gasteiger partial charge in [0.15, 0.2) is 9.84 Å². The fraction of sp³-hybridized carbons (Fsp3) is 0.688. The number of hydrogen-bond acceptors (Lipinski definition) is 5. The van der Waals surface area contributed by atoms with E-state index in [0.717, 1.165) is 24.3 Å². The Morgan fingerprint density at radius 2 is 2.04 bits per heavy atom. The van der Waals surface area contributed by atoms with Gasteiger partial charge in [0, 0.05) is 36.3 Å². The maximum atomic E-state index is 11.4. The molecule has 128 valence electrons. The molecule has 2 aliphatic heterocycles. The SMILES string of the molecule is Cc1nn(CCN2CCCCC2)cc1CN[C@@H]1C=CS(=O)(=O)C1. The first kappa shape index (κ1) is 16.7. The number of nitrogens with zero attached hydrogens (tertiary/aromatic N) is 3. The lowest BCUT2D eigenvalue weighted by Gasteiger charge is -2.26. The number of rotatable bonds is 6. The predicted octanol–water partition coefficient (Wildman–Crippen LogP) is 1.08. The van der Waals surface area contributed by atoms with E-state index in [9.17, 15) is 8.42 Å². The molecule has 0 radical (unpaired) electrons. The molecule has 1 fully saturated rings. The molecule has 3 rings (SSSR count). The molecule has 0 aliphatic carbocycles. The van der Waals surface area contributed by atoms with Gasteiger partial charge in [-0.3, -0.25) is 4.68 Å². The van der Waals surface area contributed by atoms with Gasteiger partial charge in [0.05, 0.1) is 18.0 Å². The summed E-state index contributed by atoms with van der Waals surface area (Å²) in [6, 6.07) is -0.0869. The Kier molecular flexibility index (Phi) is 5.18. The van der Waals surface area contributed by atoms with E-state index in [1.807, 2.05) is 11.6 Å². The summed E-state index contributed by atoms with van der Waals surface area (Å²) in [7, 11) is -3.00. The molecule has 1 aromatic heterocycles. The molecular weight excluding hydrogens is 312 g/mol. The van der Waals surface area contributed by atoms with Crippen molar-refractivity contribution in [2.24, 2.45) is 0 Å². The highest BCUT2D eigenvalue weighted by Crippen LogP contribution is 2.12. The standard InChI is InChI=1S/C16H26N4O2S/c1-14-15(11-17-16-5-10-23(21,22)13-16)12-20(18-14)9-8-19-6-3-2-4-7-19/h5,10,12,16-17H,2-4,6-9,11,13H2,1H3/t16-/m1/s1. The molecule has 1 saturated heterocycles. The number of nitrogens with one attached hydrogen (secondary N) is 1. The maximum absolute atomic E-state index is 11.4. The number of piperidine rings is 1. The van der Waals surface area contributed by atoms with Crippen LogP contribution in [0.5, 0.6) is 0 Å². The number of aromatic nitrogens is 2. The fourth-order valence-corrected chi connectivity index (χ4v) is 4.49. The molecular formula is C16H26N4O2S. The van der Waals surface area contributed by atoms with Crippen LogP contribution in [0, 0.1) is 6.92 Å². The minimum absolute atomic E-state index is 0.0869. The highest BCUT2D eigenvalue weighted by molar-refractivity contribution is 7.94. The average molecular weight is 338 g/mol. The second-order valence-corrected chi connectivity index (χ2v) is 8.48. The van der Waals surface area contributed by atoms with Crippen LogP contribution in [0.15, 0.2) is 17.7 Å². The van der Waals surface area contributed by atoms with Crippen LogP contribution in [-0.2, 0) is 22.9 Å². The van der Waals surface area contributed by atoms with Gasteiger partial charge in [0.2, 0.25) is 0 Å². The van der Waals surface area contributed by atoms with Crippen LogP contribution < -0.4 is 5.32 Å². The van der Waals surface area contributed by atoms with Gasteiger partial charge < -0.3 is 10.2 Å². The van der Waals surface area contributed by atoms with E-state index >= 15 is 0 Å². The molecule has 7 heteroatoms. The molecule has 0 amide bonds. The Bertz CT molecular complexity index is 660. The van der Waals surface area contributed by atoms with E-state index < -0.39 is 9.84 Å². The molecule has 0 saturated carbocycles. The van der Waals surface area contributed by atoms with Crippen LogP contribution >= 0.6 is 0 Å². The van der Waals surface area contributed by atoms with E-state index in [4.69, 9.17) is 0 Å². The van der Waals surface area contributed by atoms with Crippen LogP contribution in [0.3, 0.4) is 0 Å². The lowest BCUT2D eigenvalue weighted by atomic mass is 10.1. The van der Waals surface area contributed by atoms with Crippen LogP contribution in [0.1, 0.15) is 30.5 Å². The second-order valence-electron chi connectivity index (χ2n) is 6.55. The third kappa shape index (κ3) is 4.65. The molecule has 1 atom stereocenters. The average Bonchev–Trinajstić information content (AvgIpc) is 3.06. The predicted molar refractivity (Wildman–Crippen MR) is 90.8 cm³/mol. The van der Waals surface area contributed by atoms with E-state index in [-0.39, 0.29) is 11.8 Å². The van der Waals surface area contributed by atoms with E-state index in [1.165, 1.54) is 37.8 Å². The van der Waals surface area contributed by atoms with Crippen molar-refractivity contribution < 1.29 is 8.42 Å². The van der Waals surface area contributed by atoms with Gasteiger partial charge >= 0.3 is 0 Å². The van der Waals surface area contributed by atoms with Crippen molar-refractivity contribution >= 4 is 9.84 Å². The third-order valence-electron chi connectivity index (χ3n) is 4.63. The second kappa shape index (κ2) is 7.15.